The first-order chi connectivity index (χ1) is 14.2. The monoisotopic (exact) mass is 393 g/mol. The lowest BCUT2D eigenvalue weighted by Crippen LogP contribution is -2.43. The van der Waals surface area contributed by atoms with Gasteiger partial charge in [0.1, 0.15) is 5.82 Å². The van der Waals surface area contributed by atoms with Crippen LogP contribution in [0, 0.1) is 5.82 Å². The number of hydrogen-bond donors (Lipinski definition) is 2. The van der Waals surface area contributed by atoms with Gasteiger partial charge in [-0.15, -0.1) is 5.10 Å². The van der Waals surface area contributed by atoms with E-state index in [1.54, 1.807) is 40.0 Å². The third kappa shape index (κ3) is 3.39. The fourth-order valence-electron chi connectivity index (χ4n) is 3.96. The minimum atomic E-state index is -0.231. The topological polar surface area (TPSA) is 91.2 Å². The number of urea groups is 1. The van der Waals surface area contributed by atoms with Crippen LogP contribution < -0.4 is 5.32 Å². The van der Waals surface area contributed by atoms with Gasteiger partial charge in [-0.3, -0.25) is 0 Å². The van der Waals surface area contributed by atoms with E-state index in [4.69, 9.17) is 0 Å². The van der Waals surface area contributed by atoms with Crippen LogP contribution in [0.2, 0.25) is 0 Å². The van der Waals surface area contributed by atoms with Gasteiger partial charge in [-0.25, -0.2) is 18.7 Å². The minimum Gasteiger partial charge on any atom is -0.361 e. The number of carbonyl (C=O) groups excluding carboxylic acids is 1. The Morgan fingerprint density at radius 2 is 2.17 bits per heavy atom. The van der Waals surface area contributed by atoms with E-state index >= 15 is 0 Å². The summed E-state index contributed by atoms with van der Waals surface area (Å²) in [4.78, 5) is 25.9. The summed E-state index contributed by atoms with van der Waals surface area (Å²) < 4.78 is 15.2. The number of benzene rings is 1. The molecule has 0 radical (unpaired) electrons. The molecule has 0 aliphatic carbocycles. The van der Waals surface area contributed by atoms with Crippen LogP contribution in [0.3, 0.4) is 0 Å². The van der Waals surface area contributed by atoms with Crippen LogP contribution in [-0.4, -0.2) is 48.6 Å². The van der Waals surface area contributed by atoms with Crippen molar-refractivity contribution >= 4 is 22.7 Å². The molecule has 0 saturated carbocycles. The van der Waals surface area contributed by atoms with Crippen molar-refractivity contribution in [2.75, 3.05) is 13.1 Å². The highest BCUT2D eigenvalue weighted by molar-refractivity contribution is 5.84. The van der Waals surface area contributed by atoms with E-state index in [9.17, 15) is 9.18 Å². The number of fused-ring (bicyclic) bond motifs is 2. The van der Waals surface area contributed by atoms with Gasteiger partial charge < -0.3 is 15.2 Å². The highest BCUT2D eigenvalue weighted by Crippen LogP contribution is 2.33. The first-order valence-electron chi connectivity index (χ1n) is 9.63. The first kappa shape index (κ1) is 17.6. The van der Waals surface area contributed by atoms with Crippen LogP contribution in [0.5, 0.6) is 0 Å². The Labute approximate surface area is 165 Å². The first-order valence-corrected chi connectivity index (χ1v) is 9.63. The van der Waals surface area contributed by atoms with E-state index in [2.05, 4.69) is 25.4 Å². The summed E-state index contributed by atoms with van der Waals surface area (Å²) in [6.07, 6.45) is 7.06. The van der Waals surface area contributed by atoms with Crippen LogP contribution in [-0.2, 0) is 6.54 Å². The predicted octanol–water partition coefficient (Wildman–Crippen LogP) is 2.83. The fourth-order valence-corrected chi connectivity index (χ4v) is 3.96. The predicted molar refractivity (Wildman–Crippen MR) is 105 cm³/mol. The highest BCUT2D eigenvalue weighted by atomic mass is 19.1. The van der Waals surface area contributed by atoms with Gasteiger partial charge in [0.2, 0.25) is 0 Å². The van der Waals surface area contributed by atoms with Crippen LogP contribution in [0.1, 0.15) is 30.1 Å². The van der Waals surface area contributed by atoms with Crippen LogP contribution >= 0.6 is 0 Å². The summed E-state index contributed by atoms with van der Waals surface area (Å²) in [6.45, 7) is 1.56. The lowest BCUT2D eigenvalue weighted by molar-refractivity contribution is 0.181. The van der Waals surface area contributed by atoms with E-state index in [1.807, 2.05) is 6.20 Å². The molecule has 1 aromatic carbocycles. The molecular formula is C20H20FN7O. The number of carbonyl (C=O) groups is 1. The Morgan fingerprint density at radius 3 is 3.00 bits per heavy atom. The molecule has 1 fully saturated rings. The molecule has 3 aromatic heterocycles. The lowest BCUT2D eigenvalue weighted by atomic mass is 9.89. The van der Waals surface area contributed by atoms with Gasteiger partial charge in [0.15, 0.2) is 5.82 Å². The Morgan fingerprint density at radius 1 is 1.31 bits per heavy atom. The second kappa shape index (κ2) is 7.16. The number of aromatic nitrogens is 5. The van der Waals surface area contributed by atoms with Gasteiger partial charge in [0.25, 0.3) is 5.78 Å². The molecule has 2 amide bonds. The van der Waals surface area contributed by atoms with Gasteiger partial charge in [0, 0.05) is 42.6 Å². The number of hydrogen-bond acceptors (Lipinski definition) is 4. The van der Waals surface area contributed by atoms with Crippen LogP contribution in [0.15, 0.2) is 42.9 Å². The van der Waals surface area contributed by atoms with Crippen molar-refractivity contribution in [2.24, 2.45) is 0 Å². The molecule has 0 unspecified atom stereocenters. The second-order valence-corrected chi connectivity index (χ2v) is 7.25. The molecule has 4 aromatic rings. The maximum absolute atomic E-state index is 13.6. The molecule has 0 bridgehead atoms. The Kier molecular flexibility index (Phi) is 4.34. The van der Waals surface area contributed by atoms with E-state index in [-0.39, 0.29) is 18.4 Å². The van der Waals surface area contributed by atoms with Crippen molar-refractivity contribution in [3.8, 4) is 0 Å². The van der Waals surface area contributed by atoms with Gasteiger partial charge in [-0.1, -0.05) is 0 Å². The third-order valence-corrected chi connectivity index (χ3v) is 5.46. The Hall–Kier alpha value is -3.49. The summed E-state index contributed by atoms with van der Waals surface area (Å²) in [5.41, 5.74) is 2.07. The summed E-state index contributed by atoms with van der Waals surface area (Å²) in [5, 5.41) is 8.10. The molecule has 1 aliphatic rings. The van der Waals surface area contributed by atoms with Crippen molar-refractivity contribution in [3.63, 3.8) is 0 Å². The standard InChI is InChI=1S/C20H20FN7O/c21-14-2-3-17-15(10-14)16(11-23-17)13-4-8-27(9-5-13)20(29)24-12-18-25-19-22-6-1-7-28(19)26-18/h1-3,6-7,10-11,13,23H,4-5,8-9,12H2,(H,24,29). The van der Waals surface area contributed by atoms with Crippen molar-refractivity contribution in [1.29, 1.82) is 0 Å². The average molecular weight is 393 g/mol. The fraction of sp³-hybridized carbons (Fsp3) is 0.300. The maximum atomic E-state index is 13.6. The molecule has 29 heavy (non-hydrogen) atoms. The van der Waals surface area contributed by atoms with Crippen molar-refractivity contribution in [3.05, 3.63) is 60.1 Å². The van der Waals surface area contributed by atoms with Gasteiger partial charge >= 0.3 is 6.03 Å². The molecule has 5 rings (SSSR count). The average Bonchev–Trinajstić information content (AvgIpc) is 3.35. The highest BCUT2D eigenvalue weighted by Gasteiger charge is 2.25. The number of rotatable bonds is 3. The number of nitrogens with zero attached hydrogens (tertiary/aromatic N) is 5. The molecule has 4 heterocycles. The molecule has 8 nitrogen and oxygen atoms in total. The zero-order valence-electron chi connectivity index (χ0n) is 15.7. The Bertz CT molecular complexity index is 1140. The minimum absolute atomic E-state index is 0.125. The number of nitrogens with one attached hydrogen (secondary N) is 2. The molecule has 148 valence electrons. The maximum Gasteiger partial charge on any atom is 0.317 e. The van der Waals surface area contributed by atoms with E-state index in [0.29, 0.717) is 30.6 Å². The molecule has 0 spiro atoms. The molecular weight excluding hydrogens is 373 g/mol. The number of likely N-dealkylation sites (tertiary alicyclic amines) is 1. The number of amides is 2. The summed E-state index contributed by atoms with van der Waals surface area (Å²) in [5.74, 6) is 1.10. The summed E-state index contributed by atoms with van der Waals surface area (Å²) in [6, 6.07) is 6.46. The van der Waals surface area contributed by atoms with E-state index < -0.39 is 0 Å². The zero-order chi connectivity index (χ0) is 19.8. The number of halogens is 1. The number of H-pyrrole nitrogens is 1. The second-order valence-electron chi connectivity index (χ2n) is 7.25. The SMILES string of the molecule is O=C(NCc1nc2ncccn2n1)N1CCC(c2c[nH]c3ccc(F)cc23)CC1. The summed E-state index contributed by atoms with van der Waals surface area (Å²) >= 11 is 0. The van der Waals surface area contributed by atoms with Crippen molar-refractivity contribution in [2.45, 2.75) is 25.3 Å². The van der Waals surface area contributed by atoms with Crippen molar-refractivity contribution < 1.29 is 9.18 Å². The van der Waals surface area contributed by atoms with Gasteiger partial charge in [0.05, 0.1) is 6.54 Å². The molecule has 1 aliphatic heterocycles. The lowest BCUT2D eigenvalue weighted by Gasteiger charge is -2.32. The number of aromatic amines is 1. The van der Waals surface area contributed by atoms with Gasteiger partial charge in [-0.2, -0.15) is 4.98 Å². The Balaban J connectivity index is 1.19. The normalized spacial score (nSPS) is 15.3. The quantitative estimate of drug-likeness (QED) is 0.560. The molecule has 1 saturated heterocycles. The van der Waals surface area contributed by atoms with Gasteiger partial charge in [-0.05, 0) is 48.6 Å². The molecule has 9 heteroatoms. The zero-order valence-corrected chi connectivity index (χ0v) is 15.7. The third-order valence-electron chi connectivity index (χ3n) is 5.46. The largest absolute Gasteiger partial charge is 0.361 e. The van der Waals surface area contributed by atoms with Crippen LogP contribution in [0.25, 0.3) is 16.7 Å². The van der Waals surface area contributed by atoms with E-state index in [0.717, 1.165) is 29.3 Å². The molecule has 0 atom stereocenters. The molecule has 2 N–H and O–H groups in total. The smallest absolute Gasteiger partial charge is 0.317 e. The van der Waals surface area contributed by atoms with Crippen molar-refractivity contribution in [1.82, 2.24) is 34.8 Å². The van der Waals surface area contributed by atoms with E-state index in [1.165, 1.54) is 6.07 Å². The summed E-state index contributed by atoms with van der Waals surface area (Å²) in [7, 11) is 0. The number of piperidine rings is 1. The van der Waals surface area contributed by atoms with Crippen LogP contribution in [0.4, 0.5) is 9.18 Å².